The molecule has 1 saturated heterocycles. The molecule has 7 nitrogen and oxygen atoms in total. The maximum absolute atomic E-state index is 11.2. The van der Waals surface area contributed by atoms with Crippen LogP contribution in [0.5, 0.6) is 0 Å². The average Bonchev–Trinajstić information content (AvgIpc) is 2.98. The predicted molar refractivity (Wildman–Crippen MR) is 88.5 cm³/mol. The number of piperidine rings is 1. The fourth-order valence-electron chi connectivity index (χ4n) is 3.36. The number of nitriles is 1. The molecule has 7 heteroatoms. The van der Waals surface area contributed by atoms with Crippen molar-refractivity contribution in [2.45, 2.75) is 20.3 Å². The molecule has 1 aliphatic rings. The van der Waals surface area contributed by atoms with Crippen LogP contribution in [0.1, 0.15) is 26.0 Å². The van der Waals surface area contributed by atoms with Crippen molar-refractivity contribution in [3.8, 4) is 17.5 Å². The Bertz CT molecular complexity index is 798. The fraction of sp³-hybridized carbons (Fsp3) is 0.412. The van der Waals surface area contributed by atoms with Crippen molar-refractivity contribution in [2.24, 2.45) is 11.8 Å². The van der Waals surface area contributed by atoms with Gasteiger partial charge in [-0.15, -0.1) is 0 Å². The highest BCUT2D eigenvalue weighted by atomic mass is 16.6. The summed E-state index contributed by atoms with van der Waals surface area (Å²) in [6.45, 7) is 5.89. The minimum absolute atomic E-state index is 0.0878. The monoisotopic (exact) mass is 326 g/mol. The Kier molecular flexibility index (Phi) is 4.21. The number of aromatic nitrogens is 1. The van der Waals surface area contributed by atoms with Crippen molar-refractivity contribution in [1.29, 1.82) is 5.26 Å². The summed E-state index contributed by atoms with van der Waals surface area (Å²) in [4.78, 5) is 16.9. The van der Waals surface area contributed by atoms with Gasteiger partial charge in [-0.05, 0) is 24.3 Å². The van der Waals surface area contributed by atoms with E-state index in [1.807, 2.05) is 11.0 Å². The van der Waals surface area contributed by atoms with Crippen LogP contribution in [-0.2, 0) is 0 Å². The topological polar surface area (TPSA) is 96.2 Å². The van der Waals surface area contributed by atoms with Crippen LogP contribution >= 0.6 is 0 Å². The highest BCUT2D eigenvalue weighted by molar-refractivity contribution is 5.69. The van der Waals surface area contributed by atoms with Crippen LogP contribution < -0.4 is 4.90 Å². The van der Waals surface area contributed by atoms with Gasteiger partial charge in [-0.3, -0.25) is 10.1 Å². The van der Waals surface area contributed by atoms with Crippen molar-refractivity contribution in [1.82, 2.24) is 4.98 Å². The standard InChI is InChI=1S/C17H18N4O3/c1-11-7-12(2)10-20(9-11)17-14(8-18)19-16(24-17)13-5-3-4-6-15(13)21(22)23/h3-6,11-12H,7,9-10H2,1-2H3/t11-,12-/m0/s1. The van der Waals surface area contributed by atoms with Gasteiger partial charge >= 0.3 is 0 Å². The van der Waals surface area contributed by atoms with Crippen molar-refractivity contribution in [2.75, 3.05) is 18.0 Å². The zero-order chi connectivity index (χ0) is 17.3. The number of anilines is 1. The summed E-state index contributed by atoms with van der Waals surface area (Å²) in [6.07, 6.45) is 1.13. The Balaban J connectivity index is 2.03. The van der Waals surface area contributed by atoms with Crippen molar-refractivity contribution < 1.29 is 9.34 Å². The van der Waals surface area contributed by atoms with Gasteiger partial charge < -0.3 is 9.32 Å². The number of rotatable bonds is 3. The van der Waals surface area contributed by atoms with Gasteiger partial charge in [-0.25, -0.2) is 0 Å². The summed E-state index contributed by atoms with van der Waals surface area (Å²) in [5, 5.41) is 20.6. The molecule has 0 radical (unpaired) electrons. The van der Waals surface area contributed by atoms with Crippen molar-refractivity contribution in [3.05, 3.63) is 40.1 Å². The van der Waals surface area contributed by atoms with Crippen LogP contribution in [0, 0.1) is 33.3 Å². The SMILES string of the molecule is C[C@H]1C[C@H](C)CN(c2oc(-c3ccccc3[N+](=O)[O-])nc2C#N)C1. The van der Waals surface area contributed by atoms with E-state index >= 15 is 0 Å². The molecule has 2 heterocycles. The maximum atomic E-state index is 11.2. The number of para-hydroxylation sites is 1. The molecular formula is C17H18N4O3. The molecule has 1 aliphatic heterocycles. The third-order valence-corrected chi connectivity index (χ3v) is 4.20. The Hall–Kier alpha value is -2.88. The molecule has 0 amide bonds. The lowest BCUT2D eigenvalue weighted by Gasteiger charge is -2.34. The molecule has 0 bridgehead atoms. The summed E-state index contributed by atoms with van der Waals surface area (Å²) in [5.74, 6) is 1.49. The second kappa shape index (κ2) is 6.32. The molecular weight excluding hydrogens is 308 g/mol. The third kappa shape index (κ3) is 2.95. The largest absolute Gasteiger partial charge is 0.419 e. The van der Waals surface area contributed by atoms with E-state index in [1.54, 1.807) is 18.2 Å². The Morgan fingerprint density at radius 1 is 1.33 bits per heavy atom. The number of nitro groups is 1. The van der Waals surface area contributed by atoms with Gasteiger partial charge in [-0.2, -0.15) is 10.2 Å². The number of nitro benzene ring substituents is 1. The van der Waals surface area contributed by atoms with Gasteiger partial charge in [0.1, 0.15) is 11.6 Å². The zero-order valence-corrected chi connectivity index (χ0v) is 13.6. The van der Waals surface area contributed by atoms with Gasteiger partial charge in [0, 0.05) is 19.2 Å². The zero-order valence-electron chi connectivity index (χ0n) is 13.6. The molecule has 0 spiro atoms. The summed E-state index contributed by atoms with van der Waals surface area (Å²) in [5.41, 5.74) is 0.364. The number of oxazole rings is 1. The van der Waals surface area contributed by atoms with Gasteiger partial charge in [0.15, 0.2) is 0 Å². The number of nitrogens with zero attached hydrogens (tertiary/aromatic N) is 4. The average molecular weight is 326 g/mol. The molecule has 2 atom stereocenters. The first-order chi connectivity index (χ1) is 11.5. The van der Waals surface area contributed by atoms with Crippen LogP contribution in [0.15, 0.2) is 28.7 Å². The fourth-order valence-corrected chi connectivity index (χ4v) is 3.36. The van der Waals surface area contributed by atoms with Crippen molar-refractivity contribution in [3.63, 3.8) is 0 Å². The van der Waals surface area contributed by atoms with Gasteiger partial charge in [0.05, 0.1) is 4.92 Å². The molecule has 2 aromatic rings. The van der Waals surface area contributed by atoms with E-state index in [0.29, 0.717) is 17.7 Å². The molecule has 1 fully saturated rings. The van der Waals surface area contributed by atoms with Gasteiger partial charge in [0.25, 0.3) is 5.69 Å². The van der Waals surface area contributed by atoms with E-state index in [-0.39, 0.29) is 22.8 Å². The molecule has 0 saturated carbocycles. The highest BCUT2D eigenvalue weighted by Crippen LogP contribution is 2.35. The van der Waals surface area contributed by atoms with E-state index in [1.165, 1.54) is 6.07 Å². The Labute approximate surface area is 139 Å². The van der Waals surface area contributed by atoms with E-state index in [2.05, 4.69) is 18.8 Å². The smallest absolute Gasteiger partial charge is 0.282 e. The number of hydrogen-bond acceptors (Lipinski definition) is 6. The normalized spacial score (nSPS) is 20.6. The van der Waals surface area contributed by atoms with E-state index in [0.717, 1.165) is 19.5 Å². The molecule has 0 N–H and O–H groups in total. The lowest BCUT2D eigenvalue weighted by atomic mass is 9.92. The molecule has 124 valence electrons. The van der Waals surface area contributed by atoms with Crippen LogP contribution in [0.3, 0.4) is 0 Å². The van der Waals surface area contributed by atoms with E-state index < -0.39 is 4.92 Å². The van der Waals surface area contributed by atoms with E-state index in [4.69, 9.17) is 4.42 Å². The summed E-state index contributed by atoms with van der Waals surface area (Å²) in [7, 11) is 0. The molecule has 0 aliphatic carbocycles. The molecule has 0 unspecified atom stereocenters. The lowest BCUT2D eigenvalue weighted by molar-refractivity contribution is -0.384. The van der Waals surface area contributed by atoms with Crippen LogP contribution in [0.2, 0.25) is 0 Å². The van der Waals surface area contributed by atoms with Crippen LogP contribution in [0.4, 0.5) is 11.6 Å². The number of hydrogen-bond donors (Lipinski definition) is 0. The third-order valence-electron chi connectivity index (χ3n) is 4.20. The quantitative estimate of drug-likeness (QED) is 0.631. The van der Waals surface area contributed by atoms with Gasteiger partial charge in [0.2, 0.25) is 17.5 Å². The van der Waals surface area contributed by atoms with E-state index in [9.17, 15) is 15.4 Å². The Morgan fingerprint density at radius 3 is 2.62 bits per heavy atom. The van der Waals surface area contributed by atoms with Crippen LogP contribution in [-0.4, -0.2) is 23.0 Å². The maximum Gasteiger partial charge on any atom is 0.282 e. The molecule has 1 aromatic carbocycles. The predicted octanol–water partition coefficient (Wildman–Crippen LogP) is 3.60. The van der Waals surface area contributed by atoms with Gasteiger partial charge in [-0.1, -0.05) is 26.0 Å². The minimum atomic E-state index is -0.476. The minimum Gasteiger partial charge on any atom is -0.419 e. The van der Waals surface area contributed by atoms with Crippen LogP contribution in [0.25, 0.3) is 11.5 Å². The second-order valence-corrected chi connectivity index (χ2v) is 6.41. The van der Waals surface area contributed by atoms with Crippen molar-refractivity contribution >= 4 is 11.6 Å². The summed E-state index contributed by atoms with van der Waals surface area (Å²) >= 11 is 0. The summed E-state index contributed by atoms with van der Waals surface area (Å²) in [6, 6.07) is 8.30. The lowest BCUT2D eigenvalue weighted by Crippen LogP contribution is -2.38. The summed E-state index contributed by atoms with van der Waals surface area (Å²) < 4.78 is 5.81. The first kappa shape index (κ1) is 16.0. The Morgan fingerprint density at radius 2 is 2.00 bits per heavy atom. The number of benzene rings is 1. The second-order valence-electron chi connectivity index (χ2n) is 6.41. The highest BCUT2D eigenvalue weighted by Gasteiger charge is 2.29. The molecule has 24 heavy (non-hydrogen) atoms. The molecule has 1 aromatic heterocycles. The first-order valence-corrected chi connectivity index (χ1v) is 7.89. The first-order valence-electron chi connectivity index (χ1n) is 7.89. The molecule has 3 rings (SSSR count).